The average molecular weight is 341 g/mol. The zero-order chi connectivity index (χ0) is 17.5. The molecule has 5 heteroatoms. The minimum absolute atomic E-state index is 0.0803. The van der Waals surface area contributed by atoms with Gasteiger partial charge in [-0.2, -0.15) is 0 Å². The van der Waals surface area contributed by atoms with Crippen molar-refractivity contribution >= 4 is 28.9 Å². The van der Waals surface area contributed by atoms with E-state index in [0.717, 1.165) is 17.7 Å². The summed E-state index contributed by atoms with van der Waals surface area (Å²) >= 11 is 5.50. The Kier molecular flexibility index (Phi) is 6.32. The van der Waals surface area contributed by atoms with E-state index in [1.807, 2.05) is 54.4 Å². The van der Waals surface area contributed by atoms with Gasteiger partial charge in [0.05, 0.1) is 0 Å². The summed E-state index contributed by atoms with van der Waals surface area (Å²) in [4.78, 5) is 13.5. The SMILES string of the molecule is CCc1ccccc1NC(=S)N(C)Cc1ccc(C(=O)NC)cc1. The van der Waals surface area contributed by atoms with E-state index in [0.29, 0.717) is 17.2 Å². The molecule has 2 N–H and O–H groups in total. The Morgan fingerprint density at radius 1 is 1.12 bits per heavy atom. The second-order valence-corrected chi connectivity index (χ2v) is 5.96. The molecule has 4 nitrogen and oxygen atoms in total. The number of carbonyl (C=O) groups excluding carboxylic acids is 1. The van der Waals surface area contributed by atoms with Crippen LogP contribution >= 0.6 is 12.2 Å². The van der Waals surface area contributed by atoms with E-state index >= 15 is 0 Å². The van der Waals surface area contributed by atoms with Crippen LogP contribution in [-0.4, -0.2) is 30.0 Å². The van der Waals surface area contributed by atoms with Crippen LogP contribution in [0.1, 0.15) is 28.4 Å². The average Bonchev–Trinajstić information content (AvgIpc) is 2.62. The number of para-hydroxylation sites is 1. The van der Waals surface area contributed by atoms with E-state index in [-0.39, 0.29) is 5.91 Å². The van der Waals surface area contributed by atoms with E-state index in [2.05, 4.69) is 23.6 Å². The van der Waals surface area contributed by atoms with Crippen LogP contribution in [-0.2, 0) is 13.0 Å². The zero-order valence-corrected chi connectivity index (χ0v) is 15.1. The molecule has 0 aliphatic rings. The summed E-state index contributed by atoms with van der Waals surface area (Å²) in [5.41, 5.74) is 4.04. The van der Waals surface area contributed by atoms with Gasteiger partial charge < -0.3 is 15.5 Å². The van der Waals surface area contributed by atoms with Crippen LogP contribution in [0.25, 0.3) is 0 Å². The molecule has 0 bridgehead atoms. The van der Waals surface area contributed by atoms with E-state index in [1.54, 1.807) is 7.05 Å². The molecular formula is C19H23N3OS. The molecule has 24 heavy (non-hydrogen) atoms. The summed E-state index contributed by atoms with van der Waals surface area (Å²) < 4.78 is 0. The highest BCUT2D eigenvalue weighted by Gasteiger charge is 2.09. The second kappa shape index (κ2) is 8.45. The molecule has 0 aromatic heterocycles. The lowest BCUT2D eigenvalue weighted by atomic mass is 10.1. The smallest absolute Gasteiger partial charge is 0.251 e. The normalized spacial score (nSPS) is 10.1. The molecule has 1 amide bonds. The van der Waals surface area contributed by atoms with Crippen molar-refractivity contribution in [2.24, 2.45) is 0 Å². The van der Waals surface area contributed by atoms with Gasteiger partial charge in [0, 0.05) is 31.9 Å². The molecule has 0 aliphatic carbocycles. The van der Waals surface area contributed by atoms with Crippen LogP contribution in [0.5, 0.6) is 0 Å². The first-order valence-electron chi connectivity index (χ1n) is 7.96. The van der Waals surface area contributed by atoms with Crippen LogP contribution < -0.4 is 10.6 Å². The van der Waals surface area contributed by atoms with Crippen molar-refractivity contribution in [3.8, 4) is 0 Å². The molecule has 0 saturated carbocycles. The lowest BCUT2D eigenvalue weighted by molar-refractivity contribution is 0.0963. The van der Waals surface area contributed by atoms with Crippen LogP contribution in [0, 0.1) is 0 Å². The number of thiocarbonyl (C=S) groups is 1. The van der Waals surface area contributed by atoms with E-state index < -0.39 is 0 Å². The fourth-order valence-electron chi connectivity index (χ4n) is 2.41. The topological polar surface area (TPSA) is 44.4 Å². The maximum Gasteiger partial charge on any atom is 0.251 e. The molecule has 0 radical (unpaired) electrons. The van der Waals surface area contributed by atoms with Crippen molar-refractivity contribution in [2.75, 3.05) is 19.4 Å². The highest BCUT2D eigenvalue weighted by Crippen LogP contribution is 2.16. The van der Waals surface area contributed by atoms with Crippen molar-refractivity contribution in [2.45, 2.75) is 19.9 Å². The number of hydrogen-bond donors (Lipinski definition) is 2. The minimum Gasteiger partial charge on any atom is -0.355 e. The quantitative estimate of drug-likeness (QED) is 0.818. The van der Waals surface area contributed by atoms with Crippen LogP contribution in [0.3, 0.4) is 0 Å². The Bertz CT molecular complexity index is 713. The highest BCUT2D eigenvalue weighted by molar-refractivity contribution is 7.80. The molecule has 2 rings (SSSR count). The first kappa shape index (κ1) is 17.9. The van der Waals surface area contributed by atoms with Gasteiger partial charge in [0.2, 0.25) is 0 Å². The fourth-order valence-corrected chi connectivity index (χ4v) is 2.59. The summed E-state index contributed by atoms with van der Waals surface area (Å²) in [6, 6.07) is 15.7. The number of nitrogens with one attached hydrogen (secondary N) is 2. The van der Waals surface area contributed by atoms with Crippen LogP contribution in [0.2, 0.25) is 0 Å². The molecule has 0 atom stereocenters. The third-order valence-electron chi connectivity index (χ3n) is 3.85. The Labute approximate surface area is 148 Å². The lowest BCUT2D eigenvalue weighted by Gasteiger charge is -2.22. The number of nitrogens with zero attached hydrogens (tertiary/aromatic N) is 1. The fraction of sp³-hybridized carbons (Fsp3) is 0.263. The number of anilines is 1. The van der Waals surface area contributed by atoms with Gasteiger partial charge in [0.15, 0.2) is 5.11 Å². The van der Waals surface area contributed by atoms with Crippen molar-refractivity contribution < 1.29 is 4.79 Å². The maximum absolute atomic E-state index is 11.6. The van der Waals surface area contributed by atoms with Gasteiger partial charge in [0.1, 0.15) is 0 Å². The van der Waals surface area contributed by atoms with Gasteiger partial charge in [0.25, 0.3) is 5.91 Å². The molecule has 0 aliphatic heterocycles. The number of amides is 1. The van der Waals surface area contributed by atoms with Gasteiger partial charge in [-0.15, -0.1) is 0 Å². The summed E-state index contributed by atoms with van der Waals surface area (Å²) in [6.07, 6.45) is 0.955. The molecule has 126 valence electrons. The minimum atomic E-state index is -0.0803. The second-order valence-electron chi connectivity index (χ2n) is 5.57. The predicted molar refractivity (Wildman–Crippen MR) is 103 cm³/mol. The molecule has 0 spiro atoms. The van der Waals surface area contributed by atoms with E-state index in [9.17, 15) is 4.79 Å². The standard InChI is InChI=1S/C19H23N3OS/c1-4-15-7-5-6-8-17(15)21-19(24)22(3)13-14-9-11-16(12-10-14)18(23)20-2/h5-12H,4,13H2,1-3H3,(H,20,23)(H,21,24). The number of aryl methyl sites for hydroxylation is 1. The lowest BCUT2D eigenvalue weighted by Crippen LogP contribution is -2.31. The first-order chi connectivity index (χ1) is 11.5. The number of carbonyl (C=O) groups is 1. The van der Waals surface area contributed by atoms with Gasteiger partial charge in [-0.1, -0.05) is 37.3 Å². The number of benzene rings is 2. The highest BCUT2D eigenvalue weighted by atomic mass is 32.1. The van der Waals surface area contributed by atoms with Gasteiger partial charge in [-0.05, 0) is 48.0 Å². The third-order valence-corrected chi connectivity index (χ3v) is 4.26. The Balaban J connectivity index is 2.00. The molecule has 2 aromatic carbocycles. The Morgan fingerprint density at radius 3 is 2.42 bits per heavy atom. The predicted octanol–water partition coefficient (Wildman–Crippen LogP) is 3.44. The van der Waals surface area contributed by atoms with Gasteiger partial charge in [-0.3, -0.25) is 4.79 Å². The van der Waals surface area contributed by atoms with Crippen LogP contribution in [0.15, 0.2) is 48.5 Å². The molecule has 0 unspecified atom stereocenters. The van der Waals surface area contributed by atoms with E-state index in [1.165, 1.54) is 5.56 Å². The molecular weight excluding hydrogens is 318 g/mol. The molecule has 0 heterocycles. The third kappa shape index (κ3) is 4.55. The van der Waals surface area contributed by atoms with Crippen molar-refractivity contribution in [1.82, 2.24) is 10.2 Å². The Hall–Kier alpha value is -2.40. The Morgan fingerprint density at radius 2 is 1.79 bits per heavy atom. The monoisotopic (exact) mass is 341 g/mol. The summed E-state index contributed by atoms with van der Waals surface area (Å²) in [5.74, 6) is -0.0803. The zero-order valence-electron chi connectivity index (χ0n) is 14.3. The van der Waals surface area contributed by atoms with Gasteiger partial charge >= 0.3 is 0 Å². The molecule has 0 fully saturated rings. The largest absolute Gasteiger partial charge is 0.355 e. The summed E-state index contributed by atoms with van der Waals surface area (Å²) in [6.45, 7) is 2.80. The summed E-state index contributed by atoms with van der Waals surface area (Å²) in [7, 11) is 3.58. The number of rotatable bonds is 5. The van der Waals surface area contributed by atoms with Crippen molar-refractivity contribution in [3.05, 3.63) is 65.2 Å². The first-order valence-corrected chi connectivity index (χ1v) is 8.37. The maximum atomic E-state index is 11.6. The van der Waals surface area contributed by atoms with Crippen LogP contribution in [0.4, 0.5) is 5.69 Å². The molecule has 2 aromatic rings. The molecule has 0 saturated heterocycles. The van der Waals surface area contributed by atoms with Crippen molar-refractivity contribution in [1.29, 1.82) is 0 Å². The van der Waals surface area contributed by atoms with Gasteiger partial charge in [-0.25, -0.2) is 0 Å². The summed E-state index contributed by atoms with van der Waals surface area (Å²) in [5, 5.41) is 6.60. The van der Waals surface area contributed by atoms with E-state index in [4.69, 9.17) is 12.2 Å². The number of hydrogen-bond acceptors (Lipinski definition) is 2. The van der Waals surface area contributed by atoms with Crippen molar-refractivity contribution in [3.63, 3.8) is 0 Å².